The summed E-state index contributed by atoms with van der Waals surface area (Å²) in [5.74, 6) is -0.727. The quantitative estimate of drug-likeness (QED) is 0.919. The van der Waals surface area contributed by atoms with Gasteiger partial charge in [0.25, 0.3) is 0 Å². The molecule has 0 atom stereocenters. The van der Waals surface area contributed by atoms with E-state index in [-0.39, 0.29) is 0 Å². The number of carbonyl (C=O) groups is 1. The molecule has 0 bridgehead atoms. The molecular weight excluding hydrogens is 298 g/mol. The number of methoxy groups -OCH3 is 1. The predicted molar refractivity (Wildman–Crippen MR) is 88.3 cm³/mol. The Balaban J connectivity index is 1.68. The molecule has 3 rings (SSSR count). The average Bonchev–Trinajstić information content (AvgIpc) is 2.93. The van der Waals surface area contributed by atoms with E-state index >= 15 is 0 Å². The zero-order valence-corrected chi connectivity index (χ0v) is 13.6. The Kier molecular flexibility index (Phi) is 4.47. The van der Waals surface area contributed by atoms with E-state index in [0.29, 0.717) is 19.4 Å². The summed E-state index contributed by atoms with van der Waals surface area (Å²) in [4.78, 5) is 13.9. The van der Waals surface area contributed by atoms with Crippen molar-refractivity contribution < 1.29 is 14.6 Å². The van der Waals surface area contributed by atoms with Crippen molar-refractivity contribution in [3.8, 4) is 0 Å². The van der Waals surface area contributed by atoms with Gasteiger partial charge in [0.1, 0.15) is 0 Å². The first-order valence-corrected chi connectivity index (χ1v) is 8.42. The lowest BCUT2D eigenvalue weighted by molar-refractivity contribution is -0.156. The minimum atomic E-state index is -0.727. The van der Waals surface area contributed by atoms with E-state index in [1.165, 1.54) is 15.6 Å². The van der Waals surface area contributed by atoms with E-state index in [9.17, 15) is 9.90 Å². The van der Waals surface area contributed by atoms with Crippen LogP contribution in [0.2, 0.25) is 0 Å². The second kappa shape index (κ2) is 6.36. The van der Waals surface area contributed by atoms with Crippen LogP contribution in [-0.4, -0.2) is 42.8 Å². The molecule has 0 spiro atoms. The minimum absolute atomic E-state index is 0.303. The molecule has 0 amide bonds. The van der Waals surface area contributed by atoms with Gasteiger partial charge in [-0.3, -0.25) is 9.69 Å². The highest BCUT2D eigenvalue weighted by Crippen LogP contribution is 2.34. The maximum Gasteiger partial charge on any atom is 0.312 e. The molecule has 22 heavy (non-hydrogen) atoms. The first-order valence-electron chi connectivity index (χ1n) is 7.54. The van der Waals surface area contributed by atoms with Crippen LogP contribution < -0.4 is 0 Å². The van der Waals surface area contributed by atoms with Crippen molar-refractivity contribution in [2.75, 3.05) is 26.8 Å². The van der Waals surface area contributed by atoms with Crippen molar-refractivity contribution >= 4 is 27.4 Å². The fourth-order valence-corrected chi connectivity index (χ4v) is 4.19. The van der Waals surface area contributed by atoms with E-state index in [2.05, 4.69) is 34.5 Å². The second-order valence-corrected chi connectivity index (χ2v) is 6.96. The highest BCUT2D eigenvalue weighted by molar-refractivity contribution is 7.17. The third-order valence-electron chi connectivity index (χ3n) is 4.64. The molecule has 0 aliphatic carbocycles. The number of fused-ring (bicyclic) bond motifs is 1. The summed E-state index contributed by atoms with van der Waals surface area (Å²) in [5, 5.41) is 13.0. The van der Waals surface area contributed by atoms with E-state index < -0.39 is 11.4 Å². The van der Waals surface area contributed by atoms with Gasteiger partial charge in [0.15, 0.2) is 0 Å². The highest BCUT2D eigenvalue weighted by Gasteiger charge is 2.41. The van der Waals surface area contributed by atoms with E-state index in [1.54, 1.807) is 18.4 Å². The molecule has 2 aromatic rings. The van der Waals surface area contributed by atoms with Gasteiger partial charge >= 0.3 is 5.97 Å². The zero-order valence-electron chi connectivity index (χ0n) is 12.7. The van der Waals surface area contributed by atoms with Crippen LogP contribution in [-0.2, 0) is 16.1 Å². The van der Waals surface area contributed by atoms with Crippen LogP contribution in [0, 0.1) is 5.41 Å². The number of nitrogens with zero attached hydrogens (tertiary/aromatic N) is 1. The van der Waals surface area contributed by atoms with Gasteiger partial charge in [0, 0.05) is 18.4 Å². The number of thiophene rings is 1. The largest absolute Gasteiger partial charge is 0.481 e. The van der Waals surface area contributed by atoms with Gasteiger partial charge in [-0.1, -0.05) is 18.2 Å². The summed E-state index contributed by atoms with van der Waals surface area (Å²) in [7, 11) is 1.58. The van der Waals surface area contributed by atoms with Gasteiger partial charge in [-0.25, -0.2) is 0 Å². The SMILES string of the molecule is COCC1(C(=O)O)CCN(Cc2csc3ccccc23)CC1. The smallest absolute Gasteiger partial charge is 0.312 e. The predicted octanol–water partition coefficient (Wildman–Crippen LogP) is 3.21. The molecule has 1 saturated heterocycles. The van der Waals surface area contributed by atoms with Crippen molar-refractivity contribution in [2.45, 2.75) is 19.4 Å². The molecule has 0 unspecified atom stereocenters. The van der Waals surface area contributed by atoms with Gasteiger partial charge in [-0.15, -0.1) is 11.3 Å². The summed E-state index contributed by atoms with van der Waals surface area (Å²) in [6, 6.07) is 8.45. The lowest BCUT2D eigenvalue weighted by Gasteiger charge is -2.38. The summed E-state index contributed by atoms with van der Waals surface area (Å²) in [5.41, 5.74) is 0.636. The third kappa shape index (κ3) is 2.89. The van der Waals surface area contributed by atoms with Crippen LogP contribution in [0.4, 0.5) is 0 Å². The number of hydrogen-bond acceptors (Lipinski definition) is 4. The lowest BCUT2D eigenvalue weighted by Crippen LogP contribution is -2.46. The first-order chi connectivity index (χ1) is 10.6. The molecule has 0 radical (unpaired) electrons. The Morgan fingerprint density at radius 2 is 2.09 bits per heavy atom. The molecule has 118 valence electrons. The molecule has 4 nitrogen and oxygen atoms in total. The van der Waals surface area contributed by atoms with Gasteiger partial charge in [-0.05, 0) is 48.3 Å². The fourth-order valence-electron chi connectivity index (χ4n) is 3.23. The third-order valence-corrected chi connectivity index (χ3v) is 5.65. The molecule has 1 aromatic heterocycles. The average molecular weight is 319 g/mol. The molecule has 1 fully saturated rings. The van der Waals surface area contributed by atoms with E-state index in [0.717, 1.165) is 19.6 Å². The van der Waals surface area contributed by atoms with Crippen molar-refractivity contribution in [1.29, 1.82) is 0 Å². The lowest BCUT2D eigenvalue weighted by atomic mass is 9.79. The maximum atomic E-state index is 11.6. The van der Waals surface area contributed by atoms with Crippen molar-refractivity contribution in [3.05, 3.63) is 35.2 Å². The van der Waals surface area contributed by atoms with Crippen molar-refractivity contribution in [2.24, 2.45) is 5.41 Å². The van der Waals surface area contributed by atoms with Gasteiger partial charge in [0.2, 0.25) is 0 Å². The van der Waals surface area contributed by atoms with Crippen molar-refractivity contribution in [3.63, 3.8) is 0 Å². The van der Waals surface area contributed by atoms with Gasteiger partial charge in [-0.2, -0.15) is 0 Å². The molecule has 1 aromatic carbocycles. The molecule has 1 N–H and O–H groups in total. The fraction of sp³-hybridized carbons (Fsp3) is 0.471. The molecule has 1 aliphatic heterocycles. The standard InChI is InChI=1S/C17H21NO3S/c1-21-12-17(16(19)20)6-8-18(9-7-17)10-13-11-22-15-5-3-2-4-14(13)15/h2-5,11H,6-10,12H2,1H3,(H,19,20). The number of hydrogen-bond donors (Lipinski definition) is 1. The summed E-state index contributed by atoms with van der Waals surface area (Å²) in [6.07, 6.45) is 1.30. The van der Waals surface area contributed by atoms with Crippen LogP contribution in [0.3, 0.4) is 0 Å². The molecule has 0 saturated carbocycles. The number of piperidine rings is 1. The van der Waals surface area contributed by atoms with Crippen LogP contribution >= 0.6 is 11.3 Å². The number of benzene rings is 1. The zero-order chi connectivity index (χ0) is 15.6. The van der Waals surface area contributed by atoms with Crippen molar-refractivity contribution in [1.82, 2.24) is 4.90 Å². The monoisotopic (exact) mass is 319 g/mol. The second-order valence-electron chi connectivity index (χ2n) is 6.05. The van der Waals surface area contributed by atoms with Crippen LogP contribution in [0.15, 0.2) is 29.6 Å². The highest BCUT2D eigenvalue weighted by atomic mass is 32.1. The molecule has 5 heteroatoms. The number of aliphatic carboxylic acids is 1. The summed E-state index contributed by atoms with van der Waals surface area (Å²) >= 11 is 1.77. The molecular formula is C17H21NO3S. The molecule has 2 heterocycles. The van der Waals surface area contributed by atoms with E-state index in [4.69, 9.17) is 4.74 Å². The van der Waals surface area contributed by atoms with Gasteiger partial charge < -0.3 is 9.84 Å². The Labute approximate surface area is 134 Å². The number of carboxylic acids is 1. The normalized spacial score (nSPS) is 18.6. The number of rotatable bonds is 5. The Hall–Kier alpha value is -1.43. The number of carboxylic acid groups (broad SMARTS) is 1. The number of likely N-dealkylation sites (tertiary alicyclic amines) is 1. The Morgan fingerprint density at radius 3 is 2.77 bits per heavy atom. The Bertz CT molecular complexity index is 659. The topological polar surface area (TPSA) is 49.8 Å². The van der Waals surface area contributed by atoms with Crippen LogP contribution in [0.1, 0.15) is 18.4 Å². The Morgan fingerprint density at radius 1 is 1.36 bits per heavy atom. The number of ether oxygens (including phenoxy) is 1. The van der Waals surface area contributed by atoms with Crippen LogP contribution in [0.5, 0.6) is 0 Å². The summed E-state index contributed by atoms with van der Waals surface area (Å²) < 4.78 is 6.46. The maximum absolute atomic E-state index is 11.6. The minimum Gasteiger partial charge on any atom is -0.481 e. The van der Waals surface area contributed by atoms with E-state index in [1.807, 2.05) is 0 Å². The van der Waals surface area contributed by atoms with Crippen LogP contribution in [0.25, 0.3) is 10.1 Å². The van der Waals surface area contributed by atoms with Gasteiger partial charge in [0.05, 0.1) is 12.0 Å². The summed E-state index contributed by atoms with van der Waals surface area (Å²) in [6.45, 7) is 2.81. The molecule has 1 aliphatic rings. The first kappa shape index (κ1) is 15.5.